The van der Waals surface area contributed by atoms with Gasteiger partial charge in [0.2, 0.25) is 0 Å². The zero-order valence-electron chi connectivity index (χ0n) is 21.9. The van der Waals surface area contributed by atoms with Gasteiger partial charge in [0, 0.05) is 36.9 Å². The fourth-order valence-corrected chi connectivity index (χ4v) is 8.31. The molecule has 3 fully saturated rings. The molecule has 7 rings (SSSR count). The third kappa shape index (κ3) is 3.63. The minimum absolute atomic E-state index is 0.0746. The van der Waals surface area contributed by atoms with Gasteiger partial charge in [-0.3, -0.25) is 9.88 Å². The third-order valence-electron chi connectivity index (χ3n) is 10.4. The molecule has 1 aromatic carbocycles. The van der Waals surface area contributed by atoms with Gasteiger partial charge in [0.05, 0.1) is 16.8 Å². The van der Waals surface area contributed by atoms with E-state index in [0.29, 0.717) is 17.9 Å². The molecule has 0 radical (unpaired) electrons. The summed E-state index contributed by atoms with van der Waals surface area (Å²) in [6, 6.07) is 9.64. The quantitative estimate of drug-likeness (QED) is 0.543. The largest absolute Gasteiger partial charge is 0.388 e. The Morgan fingerprint density at radius 2 is 1.94 bits per heavy atom. The molecule has 2 aliphatic carbocycles. The highest BCUT2D eigenvalue weighted by Gasteiger charge is 2.60. The van der Waals surface area contributed by atoms with E-state index in [1.54, 1.807) is 5.57 Å². The van der Waals surface area contributed by atoms with Crippen molar-refractivity contribution in [1.82, 2.24) is 9.88 Å². The van der Waals surface area contributed by atoms with Gasteiger partial charge in [-0.2, -0.15) is 0 Å². The molecule has 36 heavy (non-hydrogen) atoms. The Morgan fingerprint density at radius 1 is 1.06 bits per heavy atom. The molecule has 0 amide bonds. The fourth-order valence-electron chi connectivity index (χ4n) is 8.31. The molecule has 4 heterocycles. The zero-order chi connectivity index (χ0) is 24.5. The van der Waals surface area contributed by atoms with Crippen LogP contribution in [0, 0.1) is 5.92 Å². The second kappa shape index (κ2) is 8.24. The highest BCUT2D eigenvalue weighted by atomic mass is 16.5. The maximum absolute atomic E-state index is 10.3. The number of ether oxygens (including phenoxy) is 1. The number of nitrogens with zero attached hydrogens (tertiary/aromatic N) is 2. The first-order valence-electron chi connectivity index (χ1n) is 14.3. The summed E-state index contributed by atoms with van der Waals surface area (Å²) in [5, 5.41) is 12.8. The lowest BCUT2D eigenvalue weighted by Crippen LogP contribution is -2.65. The molecule has 190 valence electrons. The lowest BCUT2D eigenvalue weighted by atomic mass is 9.73. The van der Waals surface area contributed by atoms with E-state index in [2.05, 4.69) is 53.2 Å². The minimum atomic E-state index is -0.502. The molecule has 3 aliphatic heterocycles. The van der Waals surface area contributed by atoms with Crippen LogP contribution in [0.25, 0.3) is 10.8 Å². The molecule has 1 aromatic heterocycles. The van der Waals surface area contributed by atoms with Crippen LogP contribution in [-0.2, 0) is 4.74 Å². The van der Waals surface area contributed by atoms with Crippen molar-refractivity contribution in [2.45, 2.75) is 100 Å². The summed E-state index contributed by atoms with van der Waals surface area (Å²) in [6.45, 7) is 6.04. The van der Waals surface area contributed by atoms with Crippen LogP contribution in [0.3, 0.4) is 0 Å². The number of aromatic nitrogens is 1. The van der Waals surface area contributed by atoms with Gasteiger partial charge in [-0.05, 0) is 111 Å². The van der Waals surface area contributed by atoms with Crippen molar-refractivity contribution >= 4 is 10.8 Å². The van der Waals surface area contributed by atoms with Crippen molar-refractivity contribution in [2.75, 3.05) is 13.1 Å². The highest BCUT2D eigenvalue weighted by Crippen LogP contribution is 2.59. The Morgan fingerprint density at radius 3 is 2.81 bits per heavy atom. The topological polar surface area (TPSA) is 45.6 Å². The molecule has 4 nitrogen and oxygen atoms in total. The molecule has 5 aliphatic rings. The number of hydrogen-bond donors (Lipinski definition) is 1. The van der Waals surface area contributed by atoms with Crippen LogP contribution in [0.15, 0.2) is 60.0 Å². The van der Waals surface area contributed by atoms with Gasteiger partial charge in [0.25, 0.3) is 0 Å². The molecule has 2 aromatic rings. The number of likely N-dealkylation sites (tertiary alicyclic amines) is 1. The number of β-amino-alcohol motifs (C(OH)–C–C–N with tert-alkyl or cyclic N) is 1. The van der Waals surface area contributed by atoms with E-state index in [9.17, 15) is 5.11 Å². The first kappa shape index (κ1) is 23.1. The summed E-state index contributed by atoms with van der Waals surface area (Å²) in [5.74, 6) is 1.09. The Kier molecular flexibility index (Phi) is 5.30. The van der Waals surface area contributed by atoms with Crippen LogP contribution >= 0.6 is 0 Å². The van der Waals surface area contributed by atoms with Crippen LogP contribution in [0.4, 0.5) is 0 Å². The van der Waals surface area contributed by atoms with Gasteiger partial charge in [-0.1, -0.05) is 31.2 Å². The standard InChI is InChI=1S/C32H40N2O2/c1-22-6-7-23(25-9-8-24-12-15-33-19-26(24)16-25)4-3-5-28-17-27-10-11-29(34-20-30(2,35)21-34)18-31(27)13-14-32(22,28)36-31/h5,8-9,12,15-17,19,22-23,29,35H,3-4,6-7,10-11,13-14,18,20-21H2,1-2H3. The Labute approximate surface area is 215 Å². The van der Waals surface area contributed by atoms with Gasteiger partial charge >= 0.3 is 0 Å². The van der Waals surface area contributed by atoms with E-state index in [-0.39, 0.29) is 11.2 Å². The van der Waals surface area contributed by atoms with E-state index < -0.39 is 5.60 Å². The summed E-state index contributed by atoms with van der Waals surface area (Å²) in [6.07, 6.45) is 19.5. The Bertz CT molecular complexity index is 1240. The fraction of sp³-hybridized carbons (Fsp3) is 0.594. The molecule has 5 atom stereocenters. The SMILES string of the molecule is CC1CCC(c2ccc3ccncc3c2)CCC=C2C=C3CCC(N4CC(C)(O)C4)CC34CCC21O4. The van der Waals surface area contributed by atoms with Gasteiger partial charge in [0.15, 0.2) is 0 Å². The molecule has 2 bridgehead atoms. The lowest BCUT2D eigenvalue weighted by Gasteiger charge is -2.54. The molecule has 4 heteroatoms. The van der Waals surface area contributed by atoms with Crippen molar-refractivity contribution in [3.63, 3.8) is 0 Å². The maximum atomic E-state index is 10.3. The Balaban J connectivity index is 1.14. The van der Waals surface area contributed by atoms with Crippen molar-refractivity contribution in [1.29, 1.82) is 0 Å². The molecule has 5 unspecified atom stereocenters. The van der Waals surface area contributed by atoms with E-state index in [1.807, 2.05) is 19.3 Å². The predicted octanol–water partition coefficient (Wildman–Crippen LogP) is 6.30. The lowest BCUT2D eigenvalue weighted by molar-refractivity contribution is -0.145. The Hall–Kier alpha value is -2.01. The second-order valence-electron chi connectivity index (χ2n) is 12.8. The van der Waals surface area contributed by atoms with Crippen LogP contribution in [-0.4, -0.2) is 50.9 Å². The summed E-state index contributed by atoms with van der Waals surface area (Å²) in [7, 11) is 0. The van der Waals surface area contributed by atoms with Gasteiger partial charge in [-0.25, -0.2) is 0 Å². The number of aliphatic hydroxyl groups is 1. The highest BCUT2D eigenvalue weighted by molar-refractivity contribution is 5.82. The number of benzene rings is 1. The number of hydrogen-bond acceptors (Lipinski definition) is 4. The number of fused-ring (bicyclic) bond motifs is 1. The van der Waals surface area contributed by atoms with Gasteiger partial charge in [0.1, 0.15) is 0 Å². The summed E-state index contributed by atoms with van der Waals surface area (Å²) < 4.78 is 7.35. The smallest absolute Gasteiger partial charge is 0.0966 e. The van der Waals surface area contributed by atoms with E-state index in [1.165, 1.54) is 47.6 Å². The maximum Gasteiger partial charge on any atom is 0.0966 e. The third-order valence-corrected chi connectivity index (χ3v) is 10.4. The van der Waals surface area contributed by atoms with Crippen LogP contribution in [0.2, 0.25) is 0 Å². The molecular weight excluding hydrogens is 444 g/mol. The number of pyridine rings is 1. The number of rotatable bonds is 2. The molecular formula is C32H40N2O2. The molecule has 1 saturated carbocycles. The van der Waals surface area contributed by atoms with Gasteiger partial charge in [-0.15, -0.1) is 0 Å². The van der Waals surface area contributed by atoms with Crippen molar-refractivity contribution in [3.8, 4) is 0 Å². The molecule has 2 saturated heterocycles. The first-order chi connectivity index (χ1) is 17.4. The average Bonchev–Trinajstić information content (AvgIpc) is 3.21. The minimum Gasteiger partial charge on any atom is -0.388 e. The normalized spacial score (nSPS) is 38.0. The molecule has 2 spiro atoms. The zero-order valence-corrected chi connectivity index (χ0v) is 21.9. The van der Waals surface area contributed by atoms with Gasteiger partial charge < -0.3 is 9.84 Å². The number of allylic oxidation sites excluding steroid dienone is 1. The van der Waals surface area contributed by atoms with Crippen LogP contribution in [0.1, 0.15) is 83.1 Å². The summed E-state index contributed by atoms with van der Waals surface area (Å²) in [5.41, 5.74) is 3.80. The predicted molar refractivity (Wildman–Crippen MR) is 144 cm³/mol. The summed E-state index contributed by atoms with van der Waals surface area (Å²) in [4.78, 5) is 6.85. The average molecular weight is 485 g/mol. The van der Waals surface area contributed by atoms with E-state index in [4.69, 9.17) is 4.74 Å². The second-order valence-corrected chi connectivity index (χ2v) is 12.8. The first-order valence-corrected chi connectivity index (χ1v) is 14.3. The monoisotopic (exact) mass is 484 g/mol. The van der Waals surface area contributed by atoms with Crippen molar-refractivity contribution in [2.24, 2.45) is 5.92 Å². The van der Waals surface area contributed by atoms with Crippen molar-refractivity contribution in [3.05, 3.63) is 65.5 Å². The van der Waals surface area contributed by atoms with Crippen LogP contribution in [0.5, 0.6) is 0 Å². The van der Waals surface area contributed by atoms with Crippen LogP contribution < -0.4 is 0 Å². The van der Waals surface area contributed by atoms with E-state index in [0.717, 1.165) is 45.2 Å². The summed E-state index contributed by atoms with van der Waals surface area (Å²) >= 11 is 0. The van der Waals surface area contributed by atoms with E-state index >= 15 is 0 Å². The molecule has 1 N–H and O–H groups in total. The van der Waals surface area contributed by atoms with Crippen molar-refractivity contribution < 1.29 is 9.84 Å².